The highest BCUT2D eigenvalue weighted by atomic mass is 19.4. The van der Waals surface area contributed by atoms with Crippen LogP contribution < -0.4 is 10.5 Å². The van der Waals surface area contributed by atoms with Gasteiger partial charge in [-0.2, -0.15) is 31.3 Å². The predicted molar refractivity (Wildman–Crippen MR) is 125 cm³/mol. The molecule has 3 aromatic rings. The summed E-state index contributed by atoms with van der Waals surface area (Å²) in [7, 11) is 0. The summed E-state index contributed by atoms with van der Waals surface area (Å²) >= 11 is 0. The lowest BCUT2D eigenvalue weighted by molar-refractivity contribution is -0.139. The first-order chi connectivity index (χ1) is 17.9. The van der Waals surface area contributed by atoms with Gasteiger partial charge in [0.25, 0.3) is 0 Å². The molecule has 0 radical (unpaired) electrons. The maximum Gasteiger partial charge on any atom is 0.419 e. The second-order valence-electron chi connectivity index (χ2n) is 8.90. The van der Waals surface area contributed by atoms with Crippen molar-refractivity contribution in [3.63, 3.8) is 0 Å². The van der Waals surface area contributed by atoms with Crippen molar-refractivity contribution in [2.45, 2.75) is 50.5 Å². The molecule has 2 heterocycles. The lowest BCUT2D eigenvalue weighted by Gasteiger charge is -2.21. The minimum Gasteiger partial charge on any atom is -0.493 e. The lowest BCUT2D eigenvalue weighted by Crippen LogP contribution is -2.35. The second-order valence-corrected chi connectivity index (χ2v) is 8.90. The molecule has 1 aliphatic rings. The van der Waals surface area contributed by atoms with E-state index in [0.29, 0.717) is 37.8 Å². The van der Waals surface area contributed by atoms with Gasteiger partial charge >= 0.3 is 12.4 Å². The first kappa shape index (κ1) is 27.3. The van der Waals surface area contributed by atoms with Gasteiger partial charge < -0.3 is 19.9 Å². The van der Waals surface area contributed by atoms with E-state index in [-0.39, 0.29) is 35.6 Å². The Morgan fingerprint density at radius 2 is 1.79 bits per heavy atom. The minimum atomic E-state index is -4.70. The summed E-state index contributed by atoms with van der Waals surface area (Å²) in [5.41, 5.74) is 4.64. The second kappa shape index (κ2) is 10.9. The molecule has 4 rings (SSSR count). The van der Waals surface area contributed by atoms with Crippen LogP contribution in [0.15, 0.2) is 47.0 Å². The molecule has 0 amide bonds. The number of benzene rings is 2. The molecule has 0 aliphatic carbocycles. The van der Waals surface area contributed by atoms with Crippen LogP contribution in [0.4, 0.5) is 26.3 Å². The van der Waals surface area contributed by atoms with E-state index in [4.69, 9.17) is 20.4 Å². The molecular weight excluding hydrogens is 516 g/mol. The summed E-state index contributed by atoms with van der Waals surface area (Å²) in [6, 6.07) is 7.87. The minimum absolute atomic E-state index is 0.00200. The number of hydrogen-bond acceptors (Lipinski definition) is 5. The van der Waals surface area contributed by atoms with Crippen LogP contribution in [0.1, 0.15) is 54.3 Å². The van der Waals surface area contributed by atoms with Crippen LogP contribution in [0.3, 0.4) is 0 Å². The fraction of sp³-hybridized carbons (Fsp3) is 0.400. The van der Waals surface area contributed by atoms with Gasteiger partial charge in [0.2, 0.25) is 11.7 Å². The third kappa shape index (κ3) is 6.37. The molecule has 1 aliphatic heterocycles. The molecule has 3 N–H and O–H groups in total. The number of likely N-dealkylation sites (tertiary alicyclic amines) is 1. The number of halogens is 6. The van der Waals surface area contributed by atoms with Crippen LogP contribution in [0.25, 0.3) is 11.4 Å². The number of guanidine groups is 1. The molecule has 0 bridgehead atoms. The van der Waals surface area contributed by atoms with Crippen molar-refractivity contribution < 1.29 is 35.6 Å². The van der Waals surface area contributed by atoms with E-state index in [0.717, 1.165) is 24.6 Å². The maximum absolute atomic E-state index is 13.8. The highest BCUT2D eigenvalue weighted by Gasteiger charge is 2.36. The summed E-state index contributed by atoms with van der Waals surface area (Å²) in [6.45, 7) is 0.546. The van der Waals surface area contributed by atoms with Crippen molar-refractivity contribution in [1.29, 1.82) is 5.41 Å². The third-order valence-electron chi connectivity index (χ3n) is 6.23. The number of rotatable bonds is 8. The van der Waals surface area contributed by atoms with Gasteiger partial charge in [-0.25, -0.2) is 0 Å². The molecule has 0 unspecified atom stereocenters. The zero-order valence-corrected chi connectivity index (χ0v) is 20.1. The molecule has 1 fully saturated rings. The van der Waals surface area contributed by atoms with Crippen molar-refractivity contribution >= 4 is 5.96 Å². The van der Waals surface area contributed by atoms with Gasteiger partial charge in [-0.05, 0) is 68.0 Å². The number of alkyl halides is 6. The van der Waals surface area contributed by atoms with Gasteiger partial charge in [0.05, 0.1) is 17.7 Å². The molecule has 1 atom stereocenters. The fourth-order valence-corrected chi connectivity index (χ4v) is 4.29. The zero-order valence-electron chi connectivity index (χ0n) is 20.1. The van der Waals surface area contributed by atoms with Crippen molar-refractivity contribution in [2.75, 3.05) is 13.2 Å². The molecule has 13 heteroatoms. The maximum atomic E-state index is 13.8. The Balaban J connectivity index is 1.38. The Labute approximate surface area is 214 Å². The monoisotopic (exact) mass is 541 g/mol. The topological polar surface area (TPSA) is 101 Å². The number of nitrogens with two attached hydrogens (primary N) is 1. The molecule has 0 spiro atoms. The van der Waals surface area contributed by atoms with E-state index in [2.05, 4.69) is 10.1 Å². The van der Waals surface area contributed by atoms with Gasteiger partial charge in [-0.1, -0.05) is 17.3 Å². The van der Waals surface area contributed by atoms with Crippen molar-refractivity contribution in [3.8, 4) is 17.1 Å². The van der Waals surface area contributed by atoms with Crippen LogP contribution in [0.5, 0.6) is 5.75 Å². The average Bonchev–Trinajstić information content (AvgIpc) is 3.53. The Morgan fingerprint density at radius 1 is 1.05 bits per heavy atom. The molecule has 204 valence electrons. The zero-order chi connectivity index (χ0) is 27.5. The highest BCUT2D eigenvalue weighted by molar-refractivity contribution is 5.75. The van der Waals surface area contributed by atoms with Crippen LogP contribution in [0, 0.1) is 5.41 Å². The van der Waals surface area contributed by atoms with Gasteiger partial charge in [0, 0.05) is 12.1 Å². The van der Waals surface area contributed by atoms with Crippen LogP contribution >= 0.6 is 0 Å². The van der Waals surface area contributed by atoms with Crippen molar-refractivity contribution in [1.82, 2.24) is 15.0 Å². The number of unbranched alkanes of at least 4 members (excludes halogenated alkanes) is 1. The molecule has 2 aromatic carbocycles. The van der Waals surface area contributed by atoms with Gasteiger partial charge in [0.1, 0.15) is 11.8 Å². The summed E-state index contributed by atoms with van der Waals surface area (Å²) in [5, 5.41) is 11.5. The van der Waals surface area contributed by atoms with Crippen LogP contribution in [0.2, 0.25) is 0 Å². The third-order valence-corrected chi connectivity index (χ3v) is 6.23. The number of nitrogens with zero attached hydrogens (tertiary/aromatic N) is 3. The van der Waals surface area contributed by atoms with Gasteiger partial charge in [0.15, 0.2) is 5.96 Å². The standard InChI is InChI=1S/C25H25F6N5O2/c26-24(27,28)17-9-6-15(7-10-17)4-1-2-13-37-20-11-8-16(14-18(20)25(29,30)31)21-34-22(38-35-21)19-5-3-12-36(19)23(32)33/h6-11,14,19H,1-5,12-13H2,(H3,32,33)/t19-/m0/s1. The molecule has 1 aromatic heterocycles. The Hall–Kier alpha value is -3.77. The normalized spacial score (nSPS) is 16.2. The van der Waals surface area contributed by atoms with Crippen molar-refractivity contribution in [3.05, 3.63) is 65.0 Å². The van der Waals surface area contributed by atoms with E-state index in [1.54, 1.807) is 4.90 Å². The molecular formula is C25H25F6N5O2. The quantitative estimate of drug-likeness (QED) is 0.152. The smallest absolute Gasteiger partial charge is 0.419 e. The van der Waals surface area contributed by atoms with E-state index in [1.165, 1.54) is 24.3 Å². The highest BCUT2D eigenvalue weighted by Crippen LogP contribution is 2.39. The van der Waals surface area contributed by atoms with E-state index in [1.807, 2.05) is 0 Å². The van der Waals surface area contributed by atoms with Crippen LogP contribution in [-0.2, 0) is 18.8 Å². The van der Waals surface area contributed by atoms with Gasteiger partial charge in [-0.15, -0.1) is 0 Å². The Kier molecular flexibility index (Phi) is 7.83. The Morgan fingerprint density at radius 3 is 2.45 bits per heavy atom. The van der Waals surface area contributed by atoms with Gasteiger partial charge in [-0.3, -0.25) is 5.41 Å². The SMILES string of the molecule is N=C(N)N1CCC[C@H]1c1nc(-c2ccc(OCCCCc3ccc(C(F)(F)F)cc3)c(C(F)(F)F)c2)no1. The number of aryl methyl sites for hydroxylation is 1. The van der Waals surface area contributed by atoms with E-state index in [9.17, 15) is 26.3 Å². The summed E-state index contributed by atoms with van der Waals surface area (Å²) < 4.78 is 90.0. The largest absolute Gasteiger partial charge is 0.493 e. The molecule has 0 saturated carbocycles. The number of hydrogen-bond donors (Lipinski definition) is 2. The molecule has 1 saturated heterocycles. The summed E-state index contributed by atoms with van der Waals surface area (Å²) in [5.74, 6) is -0.343. The van der Waals surface area contributed by atoms with E-state index < -0.39 is 29.5 Å². The van der Waals surface area contributed by atoms with E-state index >= 15 is 0 Å². The fourth-order valence-electron chi connectivity index (χ4n) is 4.29. The predicted octanol–water partition coefficient (Wildman–Crippen LogP) is 6.21. The average molecular weight is 541 g/mol. The summed E-state index contributed by atoms with van der Waals surface area (Å²) in [6.07, 6.45) is -6.32. The van der Waals surface area contributed by atoms with Crippen LogP contribution in [-0.4, -0.2) is 34.2 Å². The Bertz CT molecular complexity index is 1260. The first-order valence-corrected chi connectivity index (χ1v) is 11.9. The number of aromatic nitrogens is 2. The number of nitrogens with one attached hydrogen (secondary N) is 1. The first-order valence-electron chi connectivity index (χ1n) is 11.9. The molecule has 38 heavy (non-hydrogen) atoms. The van der Waals surface area contributed by atoms with Crippen molar-refractivity contribution in [2.24, 2.45) is 5.73 Å². The number of ether oxygens (including phenoxy) is 1. The summed E-state index contributed by atoms with van der Waals surface area (Å²) in [4.78, 5) is 5.83. The molecule has 7 nitrogen and oxygen atoms in total. The lowest BCUT2D eigenvalue weighted by atomic mass is 10.1.